The Morgan fingerprint density at radius 1 is 1.42 bits per heavy atom. The van der Waals surface area contributed by atoms with Crippen molar-refractivity contribution in [1.29, 1.82) is 0 Å². The summed E-state index contributed by atoms with van der Waals surface area (Å²) >= 11 is 0. The van der Waals surface area contributed by atoms with Gasteiger partial charge in [0.05, 0.1) is 24.5 Å². The highest BCUT2D eigenvalue weighted by molar-refractivity contribution is 7.88. The Hall–Kier alpha value is -1.47. The van der Waals surface area contributed by atoms with Gasteiger partial charge in [0.2, 0.25) is 15.9 Å². The third kappa shape index (κ3) is 5.80. The van der Waals surface area contributed by atoms with Crippen molar-refractivity contribution >= 4 is 15.9 Å². The first kappa shape index (κ1) is 15.6. The number of aromatic nitrogens is 1. The lowest BCUT2D eigenvalue weighted by Crippen LogP contribution is -2.38. The van der Waals surface area contributed by atoms with E-state index in [4.69, 9.17) is 0 Å². The van der Waals surface area contributed by atoms with Gasteiger partial charge in [0, 0.05) is 6.20 Å². The summed E-state index contributed by atoms with van der Waals surface area (Å²) in [4.78, 5) is 15.9. The molecule has 7 heteroatoms. The Morgan fingerprint density at radius 2 is 2.11 bits per heavy atom. The number of hydrogen-bond donors (Lipinski definition) is 2. The smallest absolute Gasteiger partial charge is 0.235 e. The molecule has 1 heterocycles. The Kier molecular flexibility index (Phi) is 5.44. The van der Waals surface area contributed by atoms with Crippen molar-refractivity contribution in [1.82, 2.24) is 15.0 Å². The Bertz CT molecular complexity index is 526. The summed E-state index contributed by atoms with van der Waals surface area (Å²) in [5, 5.41) is 2.75. The zero-order valence-corrected chi connectivity index (χ0v) is 12.1. The molecule has 0 bridgehead atoms. The van der Waals surface area contributed by atoms with Gasteiger partial charge in [-0.25, -0.2) is 13.1 Å². The van der Waals surface area contributed by atoms with Crippen molar-refractivity contribution in [3.05, 3.63) is 29.6 Å². The van der Waals surface area contributed by atoms with E-state index in [1.54, 1.807) is 6.20 Å². The zero-order chi connectivity index (χ0) is 14.5. The van der Waals surface area contributed by atoms with Crippen LogP contribution >= 0.6 is 0 Å². The highest BCUT2D eigenvalue weighted by atomic mass is 32.2. The number of nitrogens with zero attached hydrogens (tertiary/aromatic N) is 1. The normalized spacial score (nSPS) is 13.0. The third-order valence-electron chi connectivity index (χ3n) is 2.53. The summed E-state index contributed by atoms with van der Waals surface area (Å²) < 4.78 is 23.9. The maximum atomic E-state index is 11.6. The van der Waals surface area contributed by atoms with Crippen LogP contribution in [-0.2, 0) is 14.8 Å². The lowest BCUT2D eigenvalue weighted by atomic mass is 10.1. The second-order valence-corrected chi connectivity index (χ2v) is 6.22. The van der Waals surface area contributed by atoms with E-state index in [1.165, 1.54) is 0 Å². The van der Waals surface area contributed by atoms with E-state index in [-0.39, 0.29) is 18.5 Å². The first-order chi connectivity index (χ1) is 8.81. The van der Waals surface area contributed by atoms with E-state index >= 15 is 0 Å². The van der Waals surface area contributed by atoms with E-state index in [2.05, 4.69) is 15.0 Å². The van der Waals surface area contributed by atoms with Crippen LogP contribution < -0.4 is 10.0 Å². The maximum Gasteiger partial charge on any atom is 0.235 e. The number of pyridine rings is 1. The predicted octanol–water partition coefficient (Wildman–Crippen LogP) is 0.507. The van der Waals surface area contributed by atoms with Crippen LogP contribution in [0.25, 0.3) is 0 Å². The monoisotopic (exact) mass is 285 g/mol. The summed E-state index contributed by atoms with van der Waals surface area (Å²) in [5.74, 6) is -0.375. The Morgan fingerprint density at radius 3 is 2.58 bits per heavy atom. The van der Waals surface area contributed by atoms with Gasteiger partial charge in [0.1, 0.15) is 0 Å². The molecule has 0 aliphatic heterocycles. The molecule has 1 unspecified atom stereocenters. The van der Waals surface area contributed by atoms with Gasteiger partial charge in [-0.3, -0.25) is 9.78 Å². The highest BCUT2D eigenvalue weighted by Crippen LogP contribution is 2.13. The molecule has 0 saturated heterocycles. The van der Waals surface area contributed by atoms with Gasteiger partial charge in [-0.15, -0.1) is 0 Å². The maximum absolute atomic E-state index is 11.6. The summed E-state index contributed by atoms with van der Waals surface area (Å²) in [6.07, 6.45) is 3.43. The van der Waals surface area contributed by atoms with Crippen molar-refractivity contribution in [2.24, 2.45) is 0 Å². The van der Waals surface area contributed by atoms with E-state index < -0.39 is 10.0 Å². The molecule has 1 rings (SSSR count). The fraction of sp³-hybridized carbons (Fsp3) is 0.500. The fourth-order valence-electron chi connectivity index (χ4n) is 1.51. The fourth-order valence-corrected chi connectivity index (χ4v) is 1.91. The molecule has 1 amide bonds. The molecule has 2 N–H and O–H groups in total. The predicted molar refractivity (Wildman–Crippen MR) is 73.0 cm³/mol. The molecule has 6 nitrogen and oxygen atoms in total. The summed E-state index contributed by atoms with van der Waals surface area (Å²) in [7, 11) is -3.36. The van der Waals surface area contributed by atoms with Crippen LogP contribution in [0.5, 0.6) is 0 Å². The van der Waals surface area contributed by atoms with Gasteiger partial charge in [0.15, 0.2) is 0 Å². The van der Waals surface area contributed by atoms with E-state index in [1.807, 2.05) is 26.0 Å². The van der Waals surface area contributed by atoms with Crippen LogP contribution in [0.1, 0.15) is 30.6 Å². The van der Waals surface area contributed by atoms with Gasteiger partial charge in [0.25, 0.3) is 0 Å². The number of nitrogens with one attached hydrogen (secondary N) is 2. The summed E-state index contributed by atoms with van der Waals surface area (Å²) in [5.41, 5.74) is 1.81. The van der Waals surface area contributed by atoms with Gasteiger partial charge >= 0.3 is 0 Å². The Balaban J connectivity index is 2.62. The third-order valence-corrected chi connectivity index (χ3v) is 3.20. The molecule has 0 radical (unpaired) electrons. The molecule has 0 fully saturated rings. The number of sulfonamides is 1. The molecule has 1 atom stereocenters. The van der Waals surface area contributed by atoms with Crippen LogP contribution in [0.4, 0.5) is 0 Å². The quantitative estimate of drug-likeness (QED) is 0.797. The summed E-state index contributed by atoms with van der Waals surface area (Å²) in [6, 6.07) is 3.56. The number of rotatable bonds is 6. The lowest BCUT2D eigenvalue weighted by Gasteiger charge is -2.16. The van der Waals surface area contributed by atoms with Crippen LogP contribution in [-0.4, -0.2) is 32.1 Å². The zero-order valence-electron chi connectivity index (χ0n) is 11.3. The molecule has 0 spiro atoms. The van der Waals surface area contributed by atoms with Gasteiger partial charge in [-0.1, -0.05) is 13.0 Å². The topological polar surface area (TPSA) is 88.2 Å². The standard InChI is InChI=1S/C12H19N3O3S/c1-4-10(11-6-5-9(2)7-13-11)15-12(16)8-14-19(3,17)18/h5-7,10,14H,4,8H2,1-3H3,(H,15,16). The van der Waals surface area contributed by atoms with Gasteiger partial charge in [-0.2, -0.15) is 0 Å². The molecule has 19 heavy (non-hydrogen) atoms. The largest absolute Gasteiger partial charge is 0.347 e. The molecule has 106 valence electrons. The second-order valence-electron chi connectivity index (χ2n) is 4.38. The lowest BCUT2D eigenvalue weighted by molar-refractivity contribution is -0.120. The molecule has 0 aliphatic carbocycles. The van der Waals surface area contributed by atoms with Crippen LogP contribution in [0, 0.1) is 6.92 Å². The number of aryl methyl sites for hydroxylation is 1. The van der Waals surface area contributed by atoms with Crippen LogP contribution in [0.15, 0.2) is 18.3 Å². The average Bonchev–Trinajstić information content (AvgIpc) is 2.34. The molecule has 0 aliphatic rings. The summed E-state index contributed by atoms with van der Waals surface area (Å²) in [6.45, 7) is 3.60. The molecular weight excluding hydrogens is 266 g/mol. The first-order valence-electron chi connectivity index (χ1n) is 5.98. The van der Waals surface area contributed by atoms with Crippen molar-refractivity contribution in [3.8, 4) is 0 Å². The van der Waals surface area contributed by atoms with Gasteiger partial charge < -0.3 is 5.32 Å². The number of carbonyl (C=O) groups is 1. The number of amides is 1. The number of hydrogen-bond acceptors (Lipinski definition) is 4. The number of carbonyl (C=O) groups excluding carboxylic acids is 1. The molecular formula is C12H19N3O3S. The average molecular weight is 285 g/mol. The van der Waals surface area contributed by atoms with E-state index in [9.17, 15) is 13.2 Å². The minimum absolute atomic E-state index is 0.213. The second kappa shape index (κ2) is 6.63. The van der Waals surface area contributed by atoms with E-state index in [0.717, 1.165) is 17.5 Å². The highest BCUT2D eigenvalue weighted by Gasteiger charge is 2.14. The SMILES string of the molecule is CCC(NC(=O)CNS(C)(=O)=O)c1ccc(C)cn1. The Labute approximate surface area is 113 Å². The molecule has 0 aromatic carbocycles. The first-order valence-corrected chi connectivity index (χ1v) is 7.87. The van der Waals surface area contributed by atoms with E-state index in [0.29, 0.717) is 6.42 Å². The minimum Gasteiger partial charge on any atom is -0.347 e. The molecule has 1 aromatic rings. The van der Waals surface area contributed by atoms with Crippen molar-refractivity contribution in [3.63, 3.8) is 0 Å². The molecule has 0 saturated carbocycles. The van der Waals surface area contributed by atoms with Crippen molar-refractivity contribution in [2.45, 2.75) is 26.3 Å². The molecule has 1 aromatic heterocycles. The van der Waals surface area contributed by atoms with Crippen molar-refractivity contribution < 1.29 is 13.2 Å². The van der Waals surface area contributed by atoms with Crippen LogP contribution in [0.3, 0.4) is 0 Å². The van der Waals surface area contributed by atoms with Crippen LogP contribution in [0.2, 0.25) is 0 Å². The van der Waals surface area contributed by atoms with Gasteiger partial charge in [-0.05, 0) is 25.0 Å². The minimum atomic E-state index is -3.36. The van der Waals surface area contributed by atoms with Crippen molar-refractivity contribution in [2.75, 3.05) is 12.8 Å².